The van der Waals surface area contributed by atoms with Gasteiger partial charge in [-0.15, -0.1) is 10.2 Å². The summed E-state index contributed by atoms with van der Waals surface area (Å²) in [5.41, 5.74) is 3.22. The summed E-state index contributed by atoms with van der Waals surface area (Å²) in [7, 11) is 1.61. The van der Waals surface area contributed by atoms with Crippen molar-refractivity contribution in [2.75, 3.05) is 30.5 Å². The number of carbonyl (C=O) groups is 1. The smallest absolute Gasteiger partial charge is 0.221 e. The van der Waals surface area contributed by atoms with Gasteiger partial charge in [0.15, 0.2) is 5.00 Å². The Morgan fingerprint density at radius 2 is 2.16 bits per heavy atom. The molecule has 1 amide bonds. The first-order valence-corrected chi connectivity index (χ1v) is 11.7. The third kappa shape index (κ3) is 6.84. The van der Waals surface area contributed by atoms with Gasteiger partial charge in [0.25, 0.3) is 0 Å². The molecule has 1 atom stereocenters. The number of nitrogens with zero attached hydrogens (tertiary/aromatic N) is 5. The average Bonchev–Trinajstić information content (AvgIpc) is 3.18. The molecule has 1 unspecified atom stereocenters. The molecule has 0 radical (unpaired) electrons. The summed E-state index contributed by atoms with van der Waals surface area (Å²) in [4.78, 5) is 14.2. The summed E-state index contributed by atoms with van der Waals surface area (Å²) in [5, 5.41) is 21.4. The van der Waals surface area contributed by atoms with Gasteiger partial charge < -0.3 is 15.0 Å². The molecule has 172 valence electrons. The zero-order chi connectivity index (χ0) is 23.5. The van der Waals surface area contributed by atoms with Crippen LogP contribution in [0.4, 0.5) is 22.1 Å². The van der Waals surface area contributed by atoms with Crippen LogP contribution in [0.15, 0.2) is 28.4 Å². The van der Waals surface area contributed by atoms with Crippen molar-refractivity contribution in [3.63, 3.8) is 0 Å². The van der Waals surface area contributed by atoms with Crippen molar-refractivity contribution in [3.05, 3.63) is 29.5 Å². The van der Waals surface area contributed by atoms with Crippen molar-refractivity contribution in [1.29, 1.82) is 5.26 Å². The number of unbranched alkanes of at least 4 members (excludes halogenated alkanes) is 1. The highest BCUT2D eigenvalue weighted by atomic mass is 32.1. The normalized spacial score (nSPS) is 12.0. The summed E-state index contributed by atoms with van der Waals surface area (Å²) < 4.78 is 9.38. The summed E-state index contributed by atoms with van der Waals surface area (Å²) in [6.07, 6.45) is 3.77. The van der Waals surface area contributed by atoms with Crippen molar-refractivity contribution < 1.29 is 9.53 Å². The molecular formula is C23H32N6O2S. The largest absolute Gasteiger partial charge is 0.384 e. The van der Waals surface area contributed by atoms with Crippen LogP contribution in [0.25, 0.3) is 0 Å². The second-order valence-corrected chi connectivity index (χ2v) is 8.30. The van der Waals surface area contributed by atoms with E-state index < -0.39 is 0 Å². The Bertz CT molecular complexity index is 966. The molecule has 0 saturated carbocycles. The van der Waals surface area contributed by atoms with Crippen LogP contribution in [0.5, 0.6) is 0 Å². The van der Waals surface area contributed by atoms with E-state index in [4.69, 9.17) is 4.74 Å². The van der Waals surface area contributed by atoms with Crippen molar-refractivity contribution in [2.45, 2.75) is 59.4 Å². The van der Waals surface area contributed by atoms with Crippen molar-refractivity contribution in [1.82, 2.24) is 4.37 Å². The first-order valence-electron chi connectivity index (χ1n) is 10.9. The van der Waals surface area contributed by atoms with Gasteiger partial charge in [-0.2, -0.15) is 9.64 Å². The monoisotopic (exact) mass is 456 g/mol. The summed E-state index contributed by atoms with van der Waals surface area (Å²) in [6, 6.07) is 8.33. The number of ether oxygens (including phenoxy) is 1. The molecule has 1 heterocycles. The van der Waals surface area contributed by atoms with E-state index in [1.165, 1.54) is 6.92 Å². The van der Waals surface area contributed by atoms with Crippen LogP contribution in [-0.4, -0.2) is 36.6 Å². The van der Waals surface area contributed by atoms with E-state index in [9.17, 15) is 10.1 Å². The molecule has 0 aliphatic rings. The molecule has 0 aliphatic carbocycles. The van der Waals surface area contributed by atoms with E-state index in [2.05, 4.69) is 51.7 Å². The molecule has 2 rings (SSSR count). The average molecular weight is 457 g/mol. The predicted molar refractivity (Wildman–Crippen MR) is 129 cm³/mol. The van der Waals surface area contributed by atoms with Gasteiger partial charge in [0.05, 0.1) is 18.0 Å². The summed E-state index contributed by atoms with van der Waals surface area (Å²) in [6.45, 7) is 9.45. The first-order chi connectivity index (χ1) is 15.4. The fourth-order valence-electron chi connectivity index (χ4n) is 3.19. The maximum atomic E-state index is 11.8. The lowest BCUT2D eigenvalue weighted by Crippen LogP contribution is -2.33. The quantitative estimate of drug-likeness (QED) is 0.396. The Labute approximate surface area is 194 Å². The Kier molecular flexibility index (Phi) is 10.2. The standard InChI is InChI=1S/C23H32N6O2S/c1-6-8-12-29(16(3)7-2)18-9-10-21(22(14-18)25-17(4)30)26-27-23-19(15-24)20(28-32-23)11-13-31-5/h9-10,14,16H,6-8,11-13H2,1-5H3,(H,25,30). The molecule has 9 heteroatoms. The Morgan fingerprint density at radius 3 is 2.78 bits per heavy atom. The maximum Gasteiger partial charge on any atom is 0.221 e. The molecular weight excluding hydrogens is 424 g/mol. The van der Waals surface area contributed by atoms with Gasteiger partial charge in [0, 0.05) is 38.7 Å². The zero-order valence-corrected chi connectivity index (χ0v) is 20.3. The van der Waals surface area contributed by atoms with Gasteiger partial charge in [-0.25, -0.2) is 0 Å². The number of amides is 1. The highest BCUT2D eigenvalue weighted by Gasteiger charge is 2.16. The fraction of sp³-hybridized carbons (Fsp3) is 0.522. The topological polar surface area (TPSA) is 103 Å². The van der Waals surface area contributed by atoms with E-state index in [1.807, 2.05) is 18.2 Å². The van der Waals surface area contributed by atoms with E-state index in [0.717, 1.165) is 43.0 Å². The number of aromatic nitrogens is 1. The van der Waals surface area contributed by atoms with Crippen LogP contribution in [0, 0.1) is 11.3 Å². The minimum Gasteiger partial charge on any atom is -0.384 e. The number of carbonyl (C=O) groups excluding carboxylic acids is 1. The van der Waals surface area contributed by atoms with Gasteiger partial charge in [-0.1, -0.05) is 20.3 Å². The minimum atomic E-state index is -0.181. The molecule has 0 aliphatic heterocycles. The molecule has 2 aromatic rings. The van der Waals surface area contributed by atoms with Crippen LogP contribution in [-0.2, 0) is 16.0 Å². The van der Waals surface area contributed by atoms with Crippen molar-refractivity contribution in [2.24, 2.45) is 10.2 Å². The first kappa shape index (κ1) is 25.4. The molecule has 1 aromatic carbocycles. The number of nitrogens with one attached hydrogen (secondary N) is 1. The van der Waals surface area contributed by atoms with E-state index in [-0.39, 0.29) is 5.91 Å². The van der Waals surface area contributed by atoms with Crippen LogP contribution in [0.3, 0.4) is 0 Å². The second-order valence-electron chi connectivity index (χ2n) is 7.55. The number of methoxy groups -OCH3 is 1. The molecule has 1 N–H and O–H groups in total. The highest BCUT2D eigenvalue weighted by molar-refractivity contribution is 7.10. The summed E-state index contributed by atoms with van der Waals surface area (Å²) >= 11 is 1.13. The second kappa shape index (κ2) is 12.9. The molecule has 0 bridgehead atoms. The molecule has 0 fully saturated rings. The molecule has 0 spiro atoms. The number of benzene rings is 1. The fourth-order valence-corrected chi connectivity index (χ4v) is 3.91. The molecule has 1 aromatic heterocycles. The zero-order valence-electron chi connectivity index (χ0n) is 19.5. The Hall–Kier alpha value is -2.83. The van der Waals surface area contributed by atoms with Gasteiger partial charge in [0.2, 0.25) is 5.91 Å². The van der Waals surface area contributed by atoms with Crippen molar-refractivity contribution in [3.8, 4) is 6.07 Å². The van der Waals surface area contributed by atoms with Crippen LogP contribution < -0.4 is 10.2 Å². The van der Waals surface area contributed by atoms with E-state index >= 15 is 0 Å². The summed E-state index contributed by atoms with van der Waals surface area (Å²) in [5.74, 6) is -0.181. The van der Waals surface area contributed by atoms with Gasteiger partial charge in [-0.05, 0) is 49.5 Å². The number of rotatable bonds is 12. The molecule has 0 saturated heterocycles. The molecule has 32 heavy (non-hydrogen) atoms. The lowest BCUT2D eigenvalue weighted by Gasteiger charge is -2.31. The minimum absolute atomic E-state index is 0.181. The van der Waals surface area contributed by atoms with E-state index in [1.54, 1.807) is 7.11 Å². The Morgan fingerprint density at radius 1 is 1.38 bits per heavy atom. The Balaban J connectivity index is 2.38. The third-order valence-electron chi connectivity index (χ3n) is 5.15. The van der Waals surface area contributed by atoms with E-state index in [0.29, 0.717) is 46.7 Å². The SMILES string of the molecule is CCCCN(c1ccc(N=Nc2snc(CCOC)c2C#N)c(NC(C)=O)c1)C(C)CC. The number of hydrogen-bond donors (Lipinski definition) is 1. The number of nitriles is 1. The van der Waals surface area contributed by atoms with Gasteiger partial charge >= 0.3 is 0 Å². The lowest BCUT2D eigenvalue weighted by atomic mass is 10.1. The van der Waals surface area contributed by atoms with Gasteiger partial charge in [0.1, 0.15) is 17.3 Å². The lowest BCUT2D eigenvalue weighted by molar-refractivity contribution is -0.114. The highest BCUT2D eigenvalue weighted by Crippen LogP contribution is 2.35. The number of azo groups is 1. The number of anilines is 2. The maximum absolute atomic E-state index is 11.8. The molecule has 8 nitrogen and oxygen atoms in total. The number of hydrogen-bond acceptors (Lipinski definition) is 8. The predicted octanol–water partition coefficient (Wildman–Crippen LogP) is 5.98. The van der Waals surface area contributed by atoms with Crippen molar-refractivity contribution >= 4 is 39.5 Å². The third-order valence-corrected chi connectivity index (χ3v) is 5.92. The van der Waals surface area contributed by atoms with Crippen LogP contribution >= 0.6 is 11.5 Å². The van der Waals surface area contributed by atoms with Gasteiger partial charge in [-0.3, -0.25) is 4.79 Å². The van der Waals surface area contributed by atoms with Crippen LogP contribution in [0.1, 0.15) is 58.2 Å². The van der Waals surface area contributed by atoms with Crippen LogP contribution in [0.2, 0.25) is 0 Å².